The van der Waals surface area contributed by atoms with Crippen LogP contribution in [0.25, 0.3) is 0 Å². The molecule has 0 spiro atoms. The Kier molecular flexibility index (Phi) is 4.67. The number of rotatable bonds is 4. The second-order valence-corrected chi connectivity index (χ2v) is 9.32. The van der Waals surface area contributed by atoms with Gasteiger partial charge in [0.2, 0.25) is 0 Å². The highest BCUT2D eigenvalue weighted by molar-refractivity contribution is 7.91. The Morgan fingerprint density at radius 3 is 2.29 bits per heavy atom. The number of hydrogen-bond donors (Lipinski definition) is 2. The number of amides is 1. The van der Waals surface area contributed by atoms with Crippen LogP contribution in [-0.4, -0.2) is 43.7 Å². The number of hydrogen-bond acceptors (Lipinski definition) is 5. The van der Waals surface area contributed by atoms with Crippen molar-refractivity contribution in [2.45, 2.75) is 43.1 Å². The summed E-state index contributed by atoms with van der Waals surface area (Å²) in [7, 11) is -3.49. The Hall–Kier alpha value is -1.67. The van der Waals surface area contributed by atoms with E-state index in [1.807, 2.05) is 0 Å². The van der Waals surface area contributed by atoms with Gasteiger partial charge in [0.15, 0.2) is 9.84 Å². The second kappa shape index (κ2) is 6.00. The summed E-state index contributed by atoms with van der Waals surface area (Å²) in [6.07, 6.45) is 0.369. The third-order valence-electron chi connectivity index (χ3n) is 4.02. The van der Waals surface area contributed by atoms with Gasteiger partial charge in [-0.3, -0.25) is 0 Å². The maximum absolute atomic E-state index is 13.1. The zero-order valence-corrected chi connectivity index (χ0v) is 15.0. The van der Waals surface area contributed by atoms with Crippen LogP contribution in [-0.2, 0) is 14.6 Å². The first-order chi connectivity index (χ1) is 10.9. The number of nitrogens with one attached hydrogen (secondary N) is 1. The van der Waals surface area contributed by atoms with Crippen LogP contribution < -0.4 is 11.1 Å². The third-order valence-corrected chi connectivity index (χ3v) is 5.63. The average Bonchev–Trinajstić information content (AvgIpc) is 3.06. The van der Waals surface area contributed by atoms with Crippen molar-refractivity contribution in [1.29, 1.82) is 0 Å². The van der Waals surface area contributed by atoms with Crippen LogP contribution in [0.2, 0.25) is 0 Å². The third kappa shape index (κ3) is 3.70. The van der Waals surface area contributed by atoms with Crippen LogP contribution >= 0.6 is 0 Å². The number of alkyl carbamates (subject to hydrolysis) is 1. The van der Waals surface area contributed by atoms with Gasteiger partial charge in [-0.2, -0.15) is 0 Å². The molecule has 3 unspecified atom stereocenters. The van der Waals surface area contributed by atoms with Gasteiger partial charge in [-0.1, -0.05) is 12.1 Å². The zero-order chi connectivity index (χ0) is 18.3. The van der Waals surface area contributed by atoms with Crippen molar-refractivity contribution in [3.63, 3.8) is 0 Å². The predicted octanol–water partition coefficient (Wildman–Crippen LogP) is 1.56. The molecule has 3 N–H and O–H groups in total. The minimum absolute atomic E-state index is 0.0774. The molecule has 0 bridgehead atoms. The first-order valence-corrected chi connectivity index (χ1v) is 9.52. The Morgan fingerprint density at radius 2 is 1.88 bits per heavy atom. The largest absolute Gasteiger partial charge is 0.444 e. The maximum Gasteiger partial charge on any atom is 0.408 e. The van der Waals surface area contributed by atoms with E-state index in [1.165, 1.54) is 24.3 Å². The minimum atomic E-state index is -3.49. The number of halogens is 1. The number of nitrogens with two attached hydrogens (primary N) is 1. The Balaban J connectivity index is 2.34. The lowest BCUT2D eigenvalue weighted by Crippen LogP contribution is -2.48. The quantitative estimate of drug-likeness (QED) is 0.851. The van der Waals surface area contributed by atoms with Crippen molar-refractivity contribution < 1.29 is 22.3 Å². The highest BCUT2D eigenvalue weighted by atomic mass is 32.2. The SMILES string of the molecule is CC(C)(C)OC(=O)NC1(CN)C(c2ccc(F)cc2)C1S(C)(=O)=O. The molecule has 0 radical (unpaired) electrons. The van der Waals surface area contributed by atoms with Gasteiger partial charge >= 0.3 is 6.09 Å². The molecular formula is C16H23FN2O4S. The van der Waals surface area contributed by atoms with E-state index in [0.29, 0.717) is 5.56 Å². The molecule has 1 aromatic carbocycles. The fourth-order valence-electron chi connectivity index (χ4n) is 3.11. The molecule has 1 amide bonds. The first kappa shape index (κ1) is 18.7. The molecule has 0 aliphatic heterocycles. The zero-order valence-electron chi connectivity index (χ0n) is 14.2. The Bertz CT molecular complexity index is 727. The summed E-state index contributed by atoms with van der Waals surface area (Å²) in [5.74, 6) is -0.973. The summed E-state index contributed by atoms with van der Waals surface area (Å²) in [4.78, 5) is 12.1. The fraction of sp³-hybridized carbons (Fsp3) is 0.562. The number of benzene rings is 1. The molecule has 0 aromatic heterocycles. The van der Waals surface area contributed by atoms with E-state index in [1.54, 1.807) is 20.8 Å². The fourth-order valence-corrected chi connectivity index (χ4v) is 4.99. The number of ether oxygens (including phenoxy) is 1. The Morgan fingerprint density at radius 1 is 1.33 bits per heavy atom. The van der Waals surface area contributed by atoms with E-state index in [2.05, 4.69) is 5.32 Å². The smallest absolute Gasteiger partial charge is 0.408 e. The molecule has 3 atom stereocenters. The molecule has 0 heterocycles. The molecule has 1 aliphatic rings. The molecule has 1 aliphatic carbocycles. The van der Waals surface area contributed by atoms with Gasteiger partial charge in [0.25, 0.3) is 0 Å². The summed E-state index contributed by atoms with van der Waals surface area (Å²) in [5.41, 5.74) is 4.54. The molecule has 8 heteroatoms. The van der Waals surface area contributed by atoms with Crippen molar-refractivity contribution in [2.24, 2.45) is 5.73 Å². The lowest BCUT2D eigenvalue weighted by atomic mass is 10.1. The van der Waals surface area contributed by atoms with Crippen molar-refractivity contribution in [3.05, 3.63) is 35.6 Å². The molecule has 134 valence electrons. The van der Waals surface area contributed by atoms with E-state index in [0.717, 1.165) is 6.26 Å². The van der Waals surface area contributed by atoms with Gasteiger partial charge < -0.3 is 15.8 Å². The van der Waals surface area contributed by atoms with Gasteiger partial charge in [0.05, 0.1) is 10.8 Å². The maximum atomic E-state index is 13.1. The van der Waals surface area contributed by atoms with E-state index in [9.17, 15) is 17.6 Å². The van der Waals surface area contributed by atoms with Crippen LogP contribution in [0.4, 0.5) is 9.18 Å². The van der Waals surface area contributed by atoms with Crippen molar-refractivity contribution in [2.75, 3.05) is 12.8 Å². The van der Waals surface area contributed by atoms with Crippen LogP contribution in [0.3, 0.4) is 0 Å². The number of sulfone groups is 1. The van der Waals surface area contributed by atoms with Crippen LogP contribution in [0, 0.1) is 5.82 Å². The first-order valence-electron chi connectivity index (χ1n) is 7.56. The van der Waals surface area contributed by atoms with Gasteiger partial charge in [-0.05, 0) is 38.5 Å². The molecule has 0 saturated heterocycles. The van der Waals surface area contributed by atoms with Crippen LogP contribution in [0.15, 0.2) is 24.3 Å². The van der Waals surface area contributed by atoms with Crippen molar-refractivity contribution in [3.8, 4) is 0 Å². The molecule has 2 rings (SSSR count). The Labute approximate surface area is 141 Å². The highest BCUT2D eigenvalue weighted by Gasteiger charge is 2.70. The van der Waals surface area contributed by atoms with E-state index >= 15 is 0 Å². The standard InChI is InChI=1S/C16H23FN2O4S/c1-15(2,3)23-14(20)19-16(9-18)12(13(16)24(4,21)22)10-5-7-11(17)8-6-10/h5-8,12-13H,9,18H2,1-4H3,(H,19,20). The van der Waals surface area contributed by atoms with E-state index < -0.39 is 44.1 Å². The van der Waals surface area contributed by atoms with Crippen LogP contribution in [0.5, 0.6) is 0 Å². The normalized spacial score (nSPS) is 26.8. The number of carbonyl (C=O) groups is 1. The summed E-state index contributed by atoms with van der Waals surface area (Å²) < 4.78 is 42.7. The summed E-state index contributed by atoms with van der Waals surface area (Å²) in [6.45, 7) is 5.05. The van der Waals surface area contributed by atoms with Gasteiger partial charge in [0.1, 0.15) is 11.4 Å². The monoisotopic (exact) mass is 358 g/mol. The predicted molar refractivity (Wildman–Crippen MR) is 88.9 cm³/mol. The average molecular weight is 358 g/mol. The van der Waals surface area contributed by atoms with E-state index in [4.69, 9.17) is 10.5 Å². The molecule has 1 fully saturated rings. The topological polar surface area (TPSA) is 98.5 Å². The second-order valence-electron chi connectivity index (χ2n) is 7.15. The van der Waals surface area contributed by atoms with Gasteiger partial charge in [0, 0.05) is 18.7 Å². The van der Waals surface area contributed by atoms with Crippen molar-refractivity contribution in [1.82, 2.24) is 5.32 Å². The lowest BCUT2D eigenvalue weighted by Gasteiger charge is -2.24. The molecular weight excluding hydrogens is 335 g/mol. The van der Waals surface area contributed by atoms with Crippen molar-refractivity contribution >= 4 is 15.9 Å². The minimum Gasteiger partial charge on any atom is -0.444 e. The highest BCUT2D eigenvalue weighted by Crippen LogP contribution is 2.55. The lowest BCUT2D eigenvalue weighted by molar-refractivity contribution is 0.0497. The van der Waals surface area contributed by atoms with Crippen LogP contribution in [0.1, 0.15) is 32.3 Å². The van der Waals surface area contributed by atoms with Gasteiger partial charge in [-0.25, -0.2) is 17.6 Å². The van der Waals surface area contributed by atoms with E-state index in [-0.39, 0.29) is 6.54 Å². The summed E-state index contributed by atoms with van der Waals surface area (Å²) >= 11 is 0. The molecule has 1 aromatic rings. The summed E-state index contributed by atoms with van der Waals surface area (Å²) in [6, 6.07) is 5.52. The molecule has 6 nitrogen and oxygen atoms in total. The number of carbonyl (C=O) groups excluding carboxylic acids is 1. The summed E-state index contributed by atoms with van der Waals surface area (Å²) in [5, 5.41) is 1.75. The molecule has 1 saturated carbocycles. The van der Waals surface area contributed by atoms with Gasteiger partial charge in [-0.15, -0.1) is 0 Å². The molecule has 24 heavy (non-hydrogen) atoms.